The van der Waals surface area contributed by atoms with Gasteiger partial charge in [0.1, 0.15) is 5.82 Å². The van der Waals surface area contributed by atoms with Crippen LogP contribution in [-0.2, 0) is 4.74 Å². The average molecular weight is 283 g/mol. The third-order valence-electron chi connectivity index (χ3n) is 3.89. The third kappa shape index (κ3) is 3.04. The first kappa shape index (κ1) is 15.1. The number of hydrogen-bond donors (Lipinski definition) is 1. The normalized spacial score (nSPS) is 17.8. The smallest absolute Gasteiger partial charge is 0.163 e. The molecule has 1 atom stereocenters. The largest absolute Gasteiger partial charge is 0.493 e. The Balaban J connectivity index is 2.33. The first-order valence-electron chi connectivity index (χ1n) is 6.87. The van der Waals surface area contributed by atoms with Gasteiger partial charge in [-0.15, -0.1) is 0 Å². The monoisotopic (exact) mass is 283 g/mol. The maximum absolute atomic E-state index is 14.3. The average Bonchev–Trinajstić information content (AvgIpc) is 2.50. The third-order valence-corrected chi connectivity index (χ3v) is 3.89. The molecule has 2 rings (SSSR count). The molecule has 1 aromatic carbocycles. The molecule has 1 aliphatic rings. The van der Waals surface area contributed by atoms with Crippen molar-refractivity contribution in [3.63, 3.8) is 0 Å². The van der Waals surface area contributed by atoms with Crippen LogP contribution in [0.1, 0.15) is 24.4 Å². The first-order valence-corrected chi connectivity index (χ1v) is 6.87. The zero-order valence-corrected chi connectivity index (χ0v) is 12.2. The number of hydrogen-bond acceptors (Lipinski definition) is 4. The van der Waals surface area contributed by atoms with E-state index in [1.807, 2.05) is 7.05 Å². The Bertz CT molecular complexity index is 447. The second-order valence-corrected chi connectivity index (χ2v) is 4.94. The molecular weight excluding hydrogens is 261 g/mol. The minimum atomic E-state index is -0.270. The van der Waals surface area contributed by atoms with Crippen molar-refractivity contribution in [1.29, 1.82) is 0 Å². The second kappa shape index (κ2) is 6.90. The van der Waals surface area contributed by atoms with Gasteiger partial charge in [0.15, 0.2) is 11.5 Å². The fourth-order valence-corrected chi connectivity index (χ4v) is 2.80. The van der Waals surface area contributed by atoms with Crippen molar-refractivity contribution in [3.05, 3.63) is 23.5 Å². The minimum absolute atomic E-state index is 0.0429. The zero-order chi connectivity index (χ0) is 14.5. The Morgan fingerprint density at radius 1 is 1.20 bits per heavy atom. The van der Waals surface area contributed by atoms with Crippen LogP contribution in [0.15, 0.2) is 12.1 Å². The molecule has 0 saturated carbocycles. The number of halogens is 1. The molecule has 112 valence electrons. The number of methoxy groups -OCH3 is 2. The van der Waals surface area contributed by atoms with Crippen LogP contribution in [-0.4, -0.2) is 34.5 Å². The molecule has 0 aliphatic carbocycles. The zero-order valence-electron chi connectivity index (χ0n) is 12.2. The molecule has 0 aromatic heterocycles. The van der Waals surface area contributed by atoms with Crippen molar-refractivity contribution in [2.45, 2.75) is 18.9 Å². The summed E-state index contributed by atoms with van der Waals surface area (Å²) in [5, 5.41) is 3.23. The Hall–Kier alpha value is -1.33. The van der Waals surface area contributed by atoms with Gasteiger partial charge in [0, 0.05) is 30.9 Å². The molecular formula is C15H22FNO3. The van der Waals surface area contributed by atoms with Gasteiger partial charge in [0.25, 0.3) is 0 Å². The number of ether oxygens (including phenoxy) is 3. The van der Waals surface area contributed by atoms with Gasteiger partial charge in [-0.2, -0.15) is 0 Å². The lowest BCUT2D eigenvalue weighted by Crippen LogP contribution is -2.30. The molecule has 5 heteroatoms. The summed E-state index contributed by atoms with van der Waals surface area (Å²) in [7, 11) is 4.92. The Labute approximate surface area is 119 Å². The maximum atomic E-state index is 14.3. The van der Waals surface area contributed by atoms with E-state index in [4.69, 9.17) is 14.2 Å². The van der Waals surface area contributed by atoms with E-state index in [-0.39, 0.29) is 11.9 Å². The van der Waals surface area contributed by atoms with E-state index in [1.165, 1.54) is 13.2 Å². The molecule has 1 saturated heterocycles. The molecule has 1 unspecified atom stereocenters. The van der Waals surface area contributed by atoms with E-state index in [0.29, 0.717) is 23.0 Å². The standard InChI is InChI=1S/C15H22FNO3/c1-17-15(10-4-6-20-7-5-10)11-8-13(18-2)14(19-3)9-12(11)16/h8-10,15,17H,4-7H2,1-3H3. The van der Waals surface area contributed by atoms with Crippen LogP contribution in [0.4, 0.5) is 4.39 Å². The molecule has 0 spiro atoms. The van der Waals surface area contributed by atoms with E-state index >= 15 is 0 Å². The second-order valence-electron chi connectivity index (χ2n) is 4.94. The molecule has 4 nitrogen and oxygen atoms in total. The lowest BCUT2D eigenvalue weighted by atomic mass is 9.87. The fraction of sp³-hybridized carbons (Fsp3) is 0.600. The number of benzene rings is 1. The van der Waals surface area contributed by atoms with Crippen molar-refractivity contribution in [3.8, 4) is 11.5 Å². The first-order chi connectivity index (χ1) is 9.71. The van der Waals surface area contributed by atoms with Crippen molar-refractivity contribution in [2.24, 2.45) is 5.92 Å². The van der Waals surface area contributed by atoms with Crippen molar-refractivity contribution in [1.82, 2.24) is 5.32 Å². The van der Waals surface area contributed by atoms with Crippen molar-refractivity contribution in [2.75, 3.05) is 34.5 Å². The van der Waals surface area contributed by atoms with Gasteiger partial charge in [-0.3, -0.25) is 0 Å². The Morgan fingerprint density at radius 2 is 1.80 bits per heavy atom. The van der Waals surface area contributed by atoms with Crippen LogP contribution in [0.25, 0.3) is 0 Å². The molecule has 0 radical (unpaired) electrons. The summed E-state index contributed by atoms with van der Waals surface area (Å²) in [5.41, 5.74) is 0.622. The lowest BCUT2D eigenvalue weighted by molar-refractivity contribution is 0.0541. The van der Waals surface area contributed by atoms with Crippen molar-refractivity contribution < 1.29 is 18.6 Å². The summed E-state index contributed by atoms with van der Waals surface area (Å²) >= 11 is 0. The van der Waals surface area contributed by atoms with Crippen LogP contribution >= 0.6 is 0 Å². The van der Waals surface area contributed by atoms with Crippen molar-refractivity contribution >= 4 is 0 Å². The van der Waals surface area contributed by atoms with Crippen LogP contribution in [0.3, 0.4) is 0 Å². The highest BCUT2D eigenvalue weighted by Gasteiger charge is 2.27. The summed E-state index contributed by atoms with van der Waals surface area (Å²) < 4.78 is 30.1. The molecule has 0 amide bonds. The molecule has 20 heavy (non-hydrogen) atoms. The Kier molecular flexibility index (Phi) is 5.20. The van der Waals surface area contributed by atoms with E-state index in [2.05, 4.69) is 5.32 Å². The maximum Gasteiger partial charge on any atom is 0.163 e. The summed E-state index contributed by atoms with van der Waals surface area (Å²) in [5.74, 6) is 1.06. The molecule has 1 fully saturated rings. The summed E-state index contributed by atoms with van der Waals surface area (Å²) in [4.78, 5) is 0. The highest BCUT2D eigenvalue weighted by atomic mass is 19.1. The summed E-state index contributed by atoms with van der Waals surface area (Å²) in [6.45, 7) is 1.47. The quantitative estimate of drug-likeness (QED) is 0.901. The highest BCUT2D eigenvalue weighted by Crippen LogP contribution is 2.37. The Morgan fingerprint density at radius 3 is 2.35 bits per heavy atom. The van der Waals surface area contributed by atoms with Gasteiger partial charge in [-0.1, -0.05) is 0 Å². The molecule has 1 aromatic rings. The molecule has 1 heterocycles. The lowest BCUT2D eigenvalue weighted by Gasteiger charge is -2.31. The van der Waals surface area contributed by atoms with Crippen LogP contribution in [0, 0.1) is 11.7 Å². The summed E-state index contributed by atoms with van der Waals surface area (Å²) in [6, 6.07) is 3.07. The van der Waals surface area contributed by atoms with Gasteiger partial charge < -0.3 is 19.5 Å². The van der Waals surface area contributed by atoms with Gasteiger partial charge in [0.2, 0.25) is 0 Å². The topological polar surface area (TPSA) is 39.7 Å². The van der Waals surface area contributed by atoms with Gasteiger partial charge >= 0.3 is 0 Å². The molecule has 1 N–H and O–H groups in total. The van der Waals surface area contributed by atoms with Crippen LogP contribution in [0.2, 0.25) is 0 Å². The van der Waals surface area contributed by atoms with E-state index < -0.39 is 0 Å². The van der Waals surface area contributed by atoms with Gasteiger partial charge in [0.05, 0.1) is 14.2 Å². The number of rotatable bonds is 5. The SMILES string of the molecule is CNC(c1cc(OC)c(OC)cc1F)C1CCOCC1. The number of nitrogens with one attached hydrogen (secondary N) is 1. The van der Waals surface area contributed by atoms with Gasteiger partial charge in [-0.25, -0.2) is 4.39 Å². The van der Waals surface area contributed by atoms with E-state index in [1.54, 1.807) is 13.2 Å². The van der Waals surface area contributed by atoms with Gasteiger partial charge in [-0.05, 0) is 31.9 Å². The summed E-state index contributed by atoms with van der Waals surface area (Å²) in [6.07, 6.45) is 1.86. The molecule has 0 bridgehead atoms. The molecule has 1 aliphatic heterocycles. The predicted octanol–water partition coefficient (Wildman–Crippen LogP) is 2.53. The van der Waals surface area contributed by atoms with E-state index in [0.717, 1.165) is 26.1 Å². The fourth-order valence-electron chi connectivity index (χ4n) is 2.80. The highest BCUT2D eigenvalue weighted by molar-refractivity contribution is 5.44. The van der Waals surface area contributed by atoms with Crippen LogP contribution in [0.5, 0.6) is 11.5 Å². The van der Waals surface area contributed by atoms with Crippen LogP contribution < -0.4 is 14.8 Å². The minimum Gasteiger partial charge on any atom is -0.493 e. The van der Waals surface area contributed by atoms with E-state index in [9.17, 15) is 4.39 Å². The predicted molar refractivity (Wildman–Crippen MR) is 74.8 cm³/mol.